The standard InChI is InChI=1S/C19H19FN2O3/c1-3-21-18(23)15-9-8-14-16(17(15)20)11-22(19(14)24)10-12-4-6-13(25-2)7-5-12/h4-9H,3,10-11H2,1-2H3,(H,21,23). The second-order valence-electron chi connectivity index (χ2n) is 5.82. The quantitative estimate of drug-likeness (QED) is 0.909. The lowest BCUT2D eigenvalue weighted by Crippen LogP contribution is -2.24. The Hall–Kier alpha value is -2.89. The van der Waals surface area contributed by atoms with E-state index in [1.165, 1.54) is 12.1 Å². The lowest BCUT2D eigenvalue weighted by Gasteiger charge is -2.15. The van der Waals surface area contributed by atoms with Crippen LogP contribution in [0, 0.1) is 5.82 Å². The molecule has 25 heavy (non-hydrogen) atoms. The summed E-state index contributed by atoms with van der Waals surface area (Å²) in [5, 5.41) is 2.58. The number of halogens is 1. The maximum Gasteiger partial charge on any atom is 0.254 e. The van der Waals surface area contributed by atoms with Crippen molar-refractivity contribution in [2.45, 2.75) is 20.0 Å². The fourth-order valence-corrected chi connectivity index (χ4v) is 2.92. The van der Waals surface area contributed by atoms with Crippen LogP contribution >= 0.6 is 0 Å². The van der Waals surface area contributed by atoms with Crippen LogP contribution in [0.1, 0.15) is 38.8 Å². The zero-order valence-electron chi connectivity index (χ0n) is 14.1. The second-order valence-corrected chi connectivity index (χ2v) is 5.82. The fraction of sp³-hybridized carbons (Fsp3) is 0.263. The number of amides is 2. The van der Waals surface area contributed by atoms with Crippen molar-refractivity contribution < 1.29 is 18.7 Å². The highest BCUT2D eigenvalue weighted by atomic mass is 19.1. The first kappa shape index (κ1) is 17.0. The van der Waals surface area contributed by atoms with Crippen LogP contribution < -0.4 is 10.1 Å². The van der Waals surface area contributed by atoms with Crippen LogP contribution in [0.3, 0.4) is 0 Å². The van der Waals surface area contributed by atoms with Crippen molar-refractivity contribution in [1.82, 2.24) is 10.2 Å². The zero-order chi connectivity index (χ0) is 18.0. The number of carbonyl (C=O) groups excluding carboxylic acids is 2. The monoisotopic (exact) mass is 342 g/mol. The Labute approximate surface area is 145 Å². The van der Waals surface area contributed by atoms with E-state index >= 15 is 0 Å². The number of benzene rings is 2. The SMILES string of the molecule is CCNC(=O)c1ccc2c(c1F)CN(Cc1ccc(OC)cc1)C2=O. The molecule has 0 spiro atoms. The second kappa shape index (κ2) is 6.93. The average Bonchev–Trinajstić information content (AvgIpc) is 2.93. The number of nitrogens with zero attached hydrogens (tertiary/aromatic N) is 1. The predicted molar refractivity (Wildman–Crippen MR) is 91.0 cm³/mol. The van der Waals surface area contributed by atoms with E-state index in [2.05, 4.69) is 5.32 Å². The van der Waals surface area contributed by atoms with Crippen LogP contribution in [0.2, 0.25) is 0 Å². The Morgan fingerprint density at radius 3 is 2.60 bits per heavy atom. The molecule has 0 bridgehead atoms. The van der Waals surface area contributed by atoms with E-state index in [0.717, 1.165) is 11.3 Å². The number of rotatable bonds is 5. The van der Waals surface area contributed by atoms with Crippen LogP contribution in [0.5, 0.6) is 5.75 Å². The lowest BCUT2D eigenvalue weighted by atomic mass is 10.0. The van der Waals surface area contributed by atoms with Gasteiger partial charge in [-0.1, -0.05) is 12.1 Å². The molecule has 3 rings (SSSR count). The number of methoxy groups -OCH3 is 1. The number of hydrogen-bond donors (Lipinski definition) is 1. The van der Waals surface area contributed by atoms with Gasteiger partial charge in [-0.3, -0.25) is 9.59 Å². The summed E-state index contributed by atoms with van der Waals surface area (Å²) in [6, 6.07) is 10.3. The minimum Gasteiger partial charge on any atom is -0.497 e. The Kier molecular flexibility index (Phi) is 4.70. The molecule has 0 aromatic heterocycles. The summed E-state index contributed by atoms with van der Waals surface area (Å²) in [5.74, 6) is -0.581. The molecule has 0 saturated heterocycles. The summed E-state index contributed by atoms with van der Waals surface area (Å²) in [6.07, 6.45) is 0. The van der Waals surface area contributed by atoms with Gasteiger partial charge in [0.05, 0.1) is 19.2 Å². The van der Waals surface area contributed by atoms with Crippen molar-refractivity contribution in [3.05, 3.63) is 64.5 Å². The maximum absolute atomic E-state index is 14.7. The van der Waals surface area contributed by atoms with Crippen LogP contribution in [0.15, 0.2) is 36.4 Å². The first-order valence-electron chi connectivity index (χ1n) is 8.07. The summed E-state index contributed by atoms with van der Waals surface area (Å²) < 4.78 is 19.8. The highest BCUT2D eigenvalue weighted by molar-refractivity contribution is 6.01. The summed E-state index contributed by atoms with van der Waals surface area (Å²) in [4.78, 5) is 26.0. The van der Waals surface area contributed by atoms with E-state index in [0.29, 0.717) is 18.7 Å². The highest BCUT2D eigenvalue weighted by Crippen LogP contribution is 2.29. The van der Waals surface area contributed by atoms with Crippen LogP contribution in [0.25, 0.3) is 0 Å². The molecule has 0 saturated carbocycles. The van der Waals surface area contributed by atoms with Gasteiger partial charge in [0, 0.05) is 24.2 Å². The summed E-state index contributed by atoms with van der Waals surface area (Å²) in [7, 11) is 1.59. The van der Waals surface area contributed by atoms with Crippen molar-refractivity contribution in [2.24, 2.45) is 0 Å². The van der Waals surface area contributed by atoms with Crippen molar-refractivity contribution >= 4 is 11.8 Å². The minimum atomic E-state index is -0.617. The third-order valence-electron chi connectivity index (χ3n) is 4.22. The van der Waals surface area contributed by atoms with Crippen molar-refractivity contribution in [2.75, 3.05) is 13.7 Å². The molecule has 0 fully saturated rings. The van der Waals surface area contributed by atoms with Gasteiger partial charge >= 0.3 is 0 Å². The first-order chi connectivity index (χ1) is 12.0. The fourth-order valence-electron chi connectivity index (χ4n) is 2.92. The van der Waals surface area contributed by atoms with Gasteiger partial charge in [-0.15, -0.1) is 0 Å². The number of hydrogen-bond acceptors (Lipinski definition) is 3. The molecule has 1 aliphatic rings. The van der Waals surface area contributed by atoms with E-state index in [1.54, 1.807) is 18.9 Å². The molecule has 1 heterocycles. The molecule has 2 aromatic rings. The highest BCUT2D eigenvalue weighted by Gasteiger charge is 2.32. The van der Waals surface area contributed by atoms with Gasteiger partial charge in [0.2, 0.25) is 0 Å². The van der Waals surface area contributed by atoms with E-state index in [-0.39, 0.29) is 23.6 Å². The van der Waals surface area contributed by atoms with Gasteiger partial charge in [0.15, 0.2) is 0 Å². The number of fused-ring (bicyclic) bond motifs is 1. The van der Waals surface area contributed by atoms with E-state index in [1.807, 2.05) is 24.3 Å². The molecule has 130 valence electrons. The number of carbonyl (C=O) groups is 2. The van der Waals surface area contributed by atoms with E-state index in [9.17, 15) is 14.0 Å². The van der Waals surface area contributed by atoms with Gasteiger partial charge in [0.25, 0.3) is 11.8 Å². The van der Waals surface area contributed by atoms with Gasteiger partial charge in [-0.25, -0.2) is 4.39 Å². The topological polar surface area (TPSA) is 58.6 Å². The first-order valence-corrected chi connectivity index (χ1v) is 8.07. The smallest absolute Gasteiger partial charge is 0.254 e. The summed E-state index contributed by atoms with van der Waals surface area (Å²) in [5.41, 5.74) is 1.49. The Morgan fingerprint density at radius 1 is 1.24 bits per heavy atom. The average molecular weight is 342 g/mol. The van der Waals surface area contributed by atoms with Crippen LogP contribution in [0.4, 0.5) is 4.39 Å². The zero-order valence-corrected chi connectivity index (χ0v) is 14.1. The van der Waals surface area contributed by atoms with Gasteiger partial charge in [-0.05, 0) is 36.8 Å². The lowest BCUT2D eigenvalue weighted by molar-refractivity contribution is 0.0766. The Balaban J connectivity index is 1.82. The molecule has 2 aromatic carbocycles. The van der Waals surface area contributed by atoms with Crippen LogP contribution in [-0.2, 0) is 13.1 Å². The van der Waals surface area contributed by atoms with Gasteiger partial charge in [-0.2, -0.15) is 0 Å². The molecule has 2 amide bonds. The Bertz CT molecular complexity index is 818. The number of ether oxygens (including phenoxy) is 1. The third-order valence-corrected chi connectivity index (χ3v) is 4.22. The van der Waals surface area contributed by atoms with Gasteiger partial charge < -0.3 is 15.0 Å². The van der Waals surface area contributed by atoms with Crippen molar-refractivity contribution in [3.8, 4) is 5.75 Å². The van der Waals surface area contributed by atoms with Crippen molar-refractivity contribution in [1.29, 1.82) is 0 Å². The number of nitrogens with one attached hydrogen (secondary N) is 1. The minimum absolute atomic E-state index is 0.0281. The molecule has 1 N–H and O–H groups in total. The molecule has 1 aliphatic heterocycles. The maximum atomic E-state index is 14.7. The summed E-state index contributed by atoms with van der Waals surface area (Å²) in [6.45, 7) is 2.70. The molecule has 0 unspecified atom stereocenters. The molecular weight excluding hydrogens is 323 g/mol. The normalized spacial score (nSPS) is 12.9. The largest absolute Gasteiger partial charge is 0.497 e. The molecule has 5 nitrogen and oxygen atoms in total. The Morgan fingerprint density at radius 2 is 1.96 bits per heavy atom. The molecular formula is C19H19FN2O3. The third kappa shape index (κ3) is 3.20. The molecule has 0 radical (unpaired) electrons. The van der Waals surface area contributed by atoms with Crippen molar-refractivity contribution in [3.63, 3.8) is 0 Å². The molecule has 0 aliphatic carbocycles. The van der Waals surface area contributed by atoms with E-state index in [4.69, 9.17) is 4.74 Å². The summed E-state index contributed by atoms with van der Waals surface area (Å²) >= 11 is 0. The van der Waals surface area contributed by atoms with Gasteiger partial charge in [0.1, 0.15) is 11.6 Å². The molecule has 0 atom stereocenters. The van der Waals surface area contributed by atoms with Crippen LogP contribution in [-0.4, -0.2) is 30.4 Å². The predicted octanol–water partition coefficient (Wildman–Crippen LogP) is 2.74. The molecule has 6 heteroatoms. The van der Waals surface area contributed by atoms with E-state index < -0.39 is 11.7 Å².